The molecule has 0 saturated heterocycles. The van der Waals surface area contributed by atoms with Gasteiger partial charge in [-0.1, -0.05) is 12.1 Å². The number of rotatable bonds is 9. The second-order valence-electron chi connectivity index (χ2n) is 6.77. The normalized spacial score (nSPS) is 12.9. The lowest BCUT2D eigenvalue weighted by atomic mass is 10.3. The molecule has 0 radical (unpaired) electrons. The van der Waals surface area contributed by atoms with Gasteiger partial charge in [-0.05, 0) is 49.6 Å². The summed E-state index contributed by atoms with van der Waals surface area (Å²) < 4.78 is 10.9. The molecular weight excluding hydrogens is 358 g/mol. The summed E-state index contributed by atoms with van der Waals surface area (Å²) >= 11 is 0. The molecule has 7 heteroatoms. The summed E-state index contributed by atoms with van der Waals surface area (Å²) in [5.74, 6) is 1.33. The van der Waals surface area contributed by atoms with Crippen molar-refractivity contribution in [2.45, 2.75) is 32.2 Å². The minimum atomic E-state index is -0.165. The molecule has 28 heavy (non-hydrogen) atoms. The van der Waals surface area contributed by atoms with E-state index in [1.54, 1.807) is 30.3 Å². The average molecular weight is 383 g/mol. The van der Waals surface area contributed by atoms with Gasteiger partial charge in [0.05, 0.1) is 7.11 Å². The van der Waals surface area contributed by atoms with E-state index < -0.39 is 0 Å². The van der Waals surface area contributed by atoms with Gasteiger partial charge < -0.3 is 19.7 Å². The predicted molar refractivity (Wildman–Crippen MR) is 105 cm³/mol. The van der Waals surface area contributed by atoms with E-state index in [1.165, 1.54) is 0 Å². The lowest BCUT2D eigenvalue weighted by Crippen LogP contribution is -2.38. The fourth-order valence-corrected chi connectivity index (χ4v) is 2.89. The van der Waals surface area contributed by atoms with E-state index in [0.717, 1.165) is 18.4 Å². The summed E-state index contributed by atoms with van der Waals surface area (Å²) in [6.45, 7) is 2.21. The summed E-state index contributed by atoms with van der Waals surface area (Å²) in [5, 5.41) is 2.77. The highest BCUT2D eigenvalue weighted by atomic mass is 16.5. The molecule has 0 aliphatic heterocycles. The van der Waals surface area contributed by atoms with Crippen LogP contribution in [0.3, 0.4) is 0 Å². The number of hydrogen-bond acceptors (Lipinski definition) is 5. The zero-order valence-corrected chi connectivity index (χ0v) is 16.2. The Morgan fingerprint density at radius 2 is 1.96 bits per heavy atom. The van der Waals surface area contributed by atoms with Gasteiger partial charge in [-0.2, -0.15) is 0 Å². The Balaban J connectivity index is 1.51. The van der Waals surface area contributed by atoms with Gasteiger partial charge in [0.15, 0.2) is 18.1 Å². The first kappa shape index (κ1) is 19.7. The fraction of sp³-hybridized carbons (Fsp3) is 0.381. The van der Waals surface area contributed by atoms with Crippen molar-refractivity contribution in [2.24, 2.45) is 0 Å². The molecule has 3 rings (SSSR count). The summed E-state index contributed by atoms with van der Waals surface area (Å²) in [7, 11) is 1.56. The molecule has 1 aliphatic carbocycles. The topological polar surface area (TPSA) is 80.8 Å². The second kappa shape index (κ2) is 9.21. The van der Waals surface area contributed by atoms with Gasteiger partial charge in [-0.15, -0.1) is 0 Å². The number of anilines is 1. The molecule has 0 spiro atoms. The summed E-state index contributed by atoms with van der Waals surface area (Å²) in [5.41, 5.74) is 1.02. The van der Waals surface area contributed by atoms with Gasteiger partial charge in [0, 0.05) is 25.2 Å². The molecule has 0 unspecified atom stereocenters. The van der Waals surface area contributed by atoms with Crippen molar-refractivity contribution in [3.05, 3.63) is 48.2 Å². The van der Waals surface area contributed by atoms with E-state index in [2.05, 4.69) is 10.3 Å². The zero-order valence-electron chi connectivity index (χ0n) is 16.2. The number of pyridine rings is 1. The van der Waals surface area contributed by atoms with E-state index in [-0.39, 0.29) is 30.9 Å². The molecule has 1 fully saturated rings. The molecule has 2 amide bonds. The fourth-order valence-electron chi connectivity index (χ4n) is 2.89. The van der Waals surface area contributed by atoms with Crippen molar-refractivity contribution >= 4 is 17.6 Å². The van der Waals surface area contributed by atoms with Crippen LogP contribution < -0.4 is 14.8 Å². The van der Waals surface area contributed by atoms with E-state index >= 15 is 0 Å². The molecule has 7 nitrogen and oxygen atoms in total. The third-order valence-electron chi connectivity index (χ3n) is 4.49. The molecule has 1 aromatic carbocycles. The monoisotopic (exact) mass is 383 g/mol. The first-order valence-electron chi connectivity index (χ1n) is 9.34. The first-order chi connectivity index (χ1) is 13.6. The molecule has 1 aromatic heterocycles. The lowest BCUT2D eigenvalue weighted by Gasteiger charge is -2.22. The van der Waals surface area contributed by atoms with Crippen LogP contribution in [0.1, 0.15) is 24.8 Å². The maximum Gasteiger partial charge on any atom is 0.260 e. The number of nitrogens with one attached hydrogen (secondary N) is 1. The maximum absolute atomic E-state index is 12.6. The third-order valence-corrected chi connectivity index (χ3v) is 4.49. The summed E-state index contributed by atoms with van der Waals surface area (Å²) in [6.07, 6.45) is 3.79. The lowest BCUT2D eigenvalue weighted by molar-refractivity contribution is -0.134. The van der Waals surface area contributed by atoms with Crippen molar-refractivity contribution in [3.8, 4) is 11.5 Å². The number of amides is 2. The van der Waals surface area contributed by atoms with Crippen LogP contribution in [0.2, 0.25) is 0 Å². The Hall–Kier alpha value is -3.09. The van der Waals surface area contributed by atoms with Crippen LogP contribution >= 0.6 is 0 Å². The standard InChI is InChI=1S/C21H25N3O4/c1-15-9-11-22-19(13-15)23-20(25)10-12-24(16-7-8-16)21(26)14-28-18-6-4-3-5-17(18)27-2/h3-6,9,11,13,16H,7-8,10,12,14H2,1-2H3,(H,22,23,25). The van der Waals surface area contributed by atoms with Crippen molar-refractivity contribution in [1.29, 1.82) is 0 Å². The maximum atomic E-state index is 12.6. The molecule has 1 saturated carbocycles. The number of methoxy groups -OCH3 is 1. The number of carbonyl (C=O) groups is 2. The largest absolute Gasteiger partial charge is 0.493 e. The average Bonchev–Trinajstić information content (AvgIpc) is 3.52. The van der Waals surface area contributed by atoms with Crippen LogP contribution in [-0.2, 0) is 9.59 Å². The highest BCUT2D eigenvalue weighted by molar-refractivity contribution is 5.90. The van der Waals surface area contributed by atoms with Crippen LogP contribution in [0.4, 0.5) is 5.82 Å². The van der Waals surface area contributed by atoms with Crippen molar-refractivity contribution in [3.63, 3.8) is 0 Å². The molecule has 0 bridgehead atoms. The highest BCUT2D eigenvalue weighted by Gasteiger charge is 2.32. The van der Waals surface area contributed by atoms with Crippen LogP contribution in [0, 0.1) is 6.92 Å². The number of aryl methyl sites for hydroxylation is 1. The number of ether oxygens (including phenoxy) is 2. The zero-order chi connectivity index (χ0) is 19.9. The summed E-state index contributed by atoms with van der Waals surface area (Å²) in [6, 6.07) is 11.1. The molecule has 1 aliphatic rings. The predicted octanol–water partition coefficient (Wildman–Crippen LogP) is 2.80. The van der Waals surface area contributed by atoms with Gasteiger partial charge in [-0.25, -0.2) is 4.98 Å². The summed E-state index contributed by atoms with van der Waals surface area (Å²) in [4.78, 5) is 30.7. The third kappa shape index (κ3) is 5.45. The van der Waals surface area contributed by atoms with E-state index in [0.29, 0.717) is 23.9 Å². The van der Waals surface area contributed by atoms with Crippen LogP contribution in [-0.4, -0.2) is 48.0 Å². The molecule has 1 heterocycles. The highest BCUT2D eigenvalue weighted by Crippen LogP contribution is 2.28. The number of nitrogens with zero attached hydrogens (tertiary/aromatic N) is 2. The minimum absolute atomic E-state index is 0.0854. The van der Waals surface area contributed by atoms with E-state index in [4.69, 9.17) is 9.47 Å². The van der Waals surface area contributed by atoms with Crippen LogP contribution in [0.15, 0.2) is 42.6 Å². The van der Waals surface area contributed by atoms with E-state index in [9.17, 15) is 9.59 Å². The Morgan fingerprint density at radius 1 is 1.21 bits per heavy atom. The molecule has 0 atom stereocenters. The first-order valence-corrected chi connectivity index (χ1v) is 9.34. The Bertz CT molecular complexity index is 836. The van der Waals surface area contributed by atoms with Crippen LogP contribution in [0.5, 0.6) is 11.5 Å². The second-order valence-corrected chi connectivity index (χ2v) is 6.77. The molecule has 1 N–H and O–H groups in total. The van der Waals surface area contributed by atoms with E-state index in [1.807, 2.05) is 31.2 Å². The quantitative estimate of drug-likeness (QED) is 0.720. The van der Waals surface area contributed by atoms with Gasteiger partial charge in [0.2, 0.25) is 5.91 Å². The Kier molecular flexibility index (Phi) is 6.47. The number of aromatic nitrogens is 1. The number of carbonyl (C=O) groups excluding carboxylic acids is 2. The number of hydrogen-bond donors (Lipinski definition) is 1. The van der Waals surface area contributed by atoms with Gasteiger partial charge in [0.1, 0.15) is 5.82 Å². The Morgan fingerprint density at radius 3 is 2.64 bits per heavy atom. The molecular formula is C21H25N3O4. The van der Waals surface area contributed by atoms with Crippen LogP contribution in [0.25, 0.3) is 0 Å². The molecule has 2 aromatic rings. The SMILES string of the molecule is COc1ccccc1OCC(=O)N(CCC(=O)Nc1cc(C)ccn1)C1CC1. The van der Waals surface area contributed by atoms with Crippen molar-refractivity contribution in [2.75, 3.05) is 25.6 Å². The van der Waals surface area contributed by atoms with Crippen molar-refractivity contribution < 1.29 is 19.1 Å². The molecule has 148 valence electrons. The number of para-hydroxylation sites is 2. The number of benzene rings is 1. The van der Waals surface area contributed by atoms with Gasteiger partial charge >= 0.3 is 0 Å². The smallest absolute Gasteiger partial charge is 0.260 e. The van der Waals surface area contributed by atoms with Gasteiger partial charge in [-0.3, -0.25) is 9.59 Å². The van der Waals surface area contributed by atoms with Crippen molar-refractivity contribution in [1.82, 2.24) is 9.88 Å². The Labute approximate surface area is 164 Å². The minimum Gasteiger partial charge on any atom is -0.493 e. The van der Waals surface area contributed by atoms with Gasteiger partial charge in [0.25, 0.3) is 5.91 Å².